The van der Waals surface area contributed by atoms with Gasteiger partial charge in [0.25, 0.3) is 0 Å². The molecule has 2 heterocycles. The number of hydrogen-bond acceptors (Lipinski definition) is 4. The molecule has 1 aliphatic heterocycles. The van der Waals surface area contributed by atoms with Gasteiger partial charge in [0.1, 0.15) is 6.10 Å². The van der Waals surface area contributed by atoms with Crippen molar-refractivity contribution in [2.75, 3.05) is 13.1 Å². The minimum atomic E-state index is -4.42. The lowest BCUT2D eigenvalue weighted by Crippen LogP contribution is -2.63. The molecule has 1 saturated heterocycles. The molecular formula is C22H29F3N2O3. The van der Waals surface area contributed by atoms with Crippen LogP contribution in [0.1, 0.15) is 62.3 Å². The van der Waals surface area contributed by atoms with Crippen LogP contribution in [0.3, 0.4) is 0 Å². The van der Waals surface area contributed by atoms with E-state index in [0.717, 1.165) is 44.8 Å². The maximum Gasteiger partial charge on any atom is 0.418 e. The molecule has 1 N–H and O–H groups in total. The molecule has 0 unspecified atom stereocenters. The molecule has 1 amide bonds. The maximum atomic E-state index is 13.0. The van der Waals surface area contributed by atoms with Gasteiger partial charge in [0.15, 0.2) is 0 Å². The van der Waals surface area contributed by atoms with Gasteiger partial charge in [-0.3, -0.25) is 4.79 Å². The first-order chi connectivity index (χ1) is 13.9. The van der Waals surface area contributed by atoms with Crippen molar-refractivity contribution in [3.63, 3.8) is 0 Å². The zero-order valence-corrected chi connectivity index (χ0v) is 17.7. The average Bonchev–Trinajstić information content (AvgIpc) is 2.59. The summed E-state index contributed by atoms with van der Waals surface area (Å²) in [7, 11) is 0. The van der Waals surface area contributed by atoms with Gasteiger partial charge >= 0.3 is 6.18 Å². The molecule has 2 aliphatic carbocycles. The molecular weight excluding hydrogens is 397 g/mol. The van der Waals surface area contributed by atoms with Crippen LogP contribution in [0.15, 0.2) is 6.07 Å². The van der Waals surface area contributed by atoms with Crippen molar-refractivity contribution in [2.45, 2.75) is 77.2 Å². The van der Waals surface area contributed by atoms with Gasteiger partial charge in [0.05, 0.1) is 16.9 Å². The van der Waals surface area contributed by atoms with Crippen molar-refractivity contribution in [1.82, 2.24) is 9.88 Å². The summed E-state index contributed by atoms with van der Waals surface area (Å²) < 4.78 is 45.1. The van der Waals surface area contributed by atoms with Crippen LogP contribution in [-0.4, -0.2) is 45.7 Å². The number of rotatable bonds is 3. The van der Waals surface area contributed by atoms with Gasteiger partial charge in [-0.25, -0.2) is 4.98 Å². The normalized spacial score (nSPS) is 28.8. The third-order valence-electron chi connectivity index (χ3n) is 7.02. The van der Waals surface area contributed by atoms with E-state index in [2.05, 4.69) is 4.98 Å². The Morgan fingerprint density at radius 2 is 1.83 bits per heavy atom. The minimum Gasteiger partial charge on any atom is -0.474 e. The number of ether oxygens (including phenoxy) is 1. The summed E-state index contributed by atoms with van der Waals surface area (Å²) >= 11 is 0. The van der Waals surface area contributed by atoms with E-state index in [9.17, 15) is 23.1 Å². The molecule has 30 heavy (non-hydrogen) atoms. The molecule has 0 radical (unpaired) electrons. The Hall–Kier alpha value is -1.83. The average molecular weight is 426 g/mol. The predicted octanol–water partition coefficient (Wildman–Crippen LogP) is 4.03. The van der Waals surface area contributed by atoms with Gasteiger partial charge in [0.2, 0.25) is 11.8 Å². The number of likely N-dealkylation sites (tertiary alicyclic amines) is 1. The zero-order chi connectivity index (χ0) is 21.9. The minimum absolute atomic E-state index is 0.0472. The molecule has 5 nitrogen and oxygen atoms in total. The Balaban J connectivity index is 1.29. The predicted molar refractivity (Wildman–Crippen MR) is 104 cm³/mol. The topological polar surface area (TPSA) is 62.7 Å². The highest BCUT2D eigenvalue weighted by molar-refractivity contribution is 5.81. The summed E-state index contributed by atoms with van der Waals surface area (Å²) in [6.45, 7) is 6.23. The van der Waals surface area contributed by atoms with Crippen molar-refractivity contribution in [1.29, 1.82) is 0 Å². The number of carbonyl (C=O) groups is 1. The van der Waals surface area contributed by atoms with Crippen molar-refractivity contribution >= 4 is 5.91 Å². The smallest absolute Gasteiger partial charge is 0.418 e. The number of hydrogen-bond donors (Lipinski definition) is 1. The number of alkyl halides is 3. The molecule has 8 heteroatoms. The first-order valence-corrected chi connectivity index (χ1v) is 10.6. The Labute approximate surface area is 174 Å². The van der Waals surface area contributed by atoms with Gasteiger partial charge in [0, 0.05) is 30.0 Å². The van der Waals surface area contributed by atoms with Crippen molar-refractivity contribution in [2.24, 2.45) is 11.3 Å². The van der Waals surface area contributed by atoms with Crippen LogP contribution in [0.5, 0.6) is 5.88 Å². The van der Waals surface area contributed by atoms with E-state index in [0.29, 0.717) is 18.4 Å². The number of aryl methyl sites for hydroxylation is 2. The van der Waals surface area contributed by atoms with Crippen LogP contribution in [0.2, 0.25) is 0 Å². The number of nitrogens with zero attached hydrogens (tertiary/aromatic N) is 2. The lowest BCUT2D eigenvalue weighted by molar-refractivity contribution is -0.164. The SMILES string of the molecule is Cc1cc(C(F)(F)F)c(C)nc1OC1CCC2(CC1)CN(C(=O)[C@H]1C[C@@](C)(O)C1)C2. The van der Waals surface area contributed by atoms with Crippen molar-refractivity contribution in [3.05, 3.63) is 22.9 Å². The summed E-state index contributed by atoms with van der Waals surface area (Å²) in [4.78, 5) is 18.5. The molecule has 0 bridgehead atoms. The van der Waals surface area contributed by atoms with Crippen LogP contribution < -0.4 is 4.74 Å². The second-order valence-electron chi connectivity index (χ2n) is 9.85. The van der Waals surface area contributed by atoms with Crippen LogP contribution >= 0.6 is 0 Å². The fraction of sp³-hybridized carbons (Fsp3) is 0.727. The molecule has 166 valence electrons. The van der Waals surface area contributed by atoms with Crippen LogP contribution in [0.4, 0.5) is 13.2 Å². The fourth-order valence-electron chi connectivity index (χ4n) is 5.24. The Bertz CT molecular complexity index is 829. The van der Waals surface area contributed by atoms with Gasteiger partial charge in [-0.15, -0.1) is 0 Å². The lowest BCUT2D eigenvalue weighted by atomic mass is 9.66. The zero-order valence-electron chi connectivity index (χ0n) is 17.7. The second kappa shape index (κ2) is 7.11. The van der Waals surface area contributed by atoms with Crippen molar-refractivity contribution < 1.29 is 27.8 Å². The molecule has 2 saturated carbocycles. The van der Waals surface area contributed by atoms with Gasteiger partial charge in [-0.2, -0.15) is 13.2 Å². The summed E-state index contributed by atoms with van der Waals surface area (Å²) in [5.74, 6) is 0.392. The quantitative estimate of drug-likeness (QED) is 0.793. The summed E-state index contributed by atoms with van der Waals surface area (Å²) in [5.41, 5.74) is -0.952. The first-order valence-electron chi connectivity index (χ1n) is 10.6. The third kappa shape index (κ3) is 4.03. The summed E-state index contributed by atoms with van der Waals surface area (Å²) in [6.07, 6.45) is 0.0898. The molecule has 1 aromatic rings. The number of aromatic nitrogens is 1. The molecule has 0 aromatic carbocycles. The number of amides is 1. The molecule has 3 fully saturated rings. The third-order valence-corrected chi connectivity index (χ3v) is 7.02. The Morgan fingerprint density at radius 3 is 2.37 bits per heavy atom. The summed E-state index contributed by atoms with van der Waals surface area (Å²) in [5, 5.41) is 9.84. The molecule has 0 atom stereocenters. The van der Waals surface area contributed by atoms with Crippen LogP contribution in [-0.2, 0) is 11.0 Å². The van der Waals surface area contributed by atoms with E-state index in [1.165, 1.54) is 6.92 Å². The summed E-state index contributed by atoms with van der Waals surface area (Å²) in [6, 6.07) is 1.11. The van der Waals surface area contributed by atoms with Gasteiger partial charge in [-0.05, 0) is 65.4 Å². The van der Waals surface area contributed by atoms with E-state index in [1.807, 2.05) is 4.90 Å². The molecule has 1 spiro atoms. The molecule has 4 rings (SSSR count). The highest BCUT2D eigenvalue weighted by Crippen LogP contribution is 2.47. The van der Waals surface area contributed by atoms with E-state index in [4.69, 9.17) is 4.74 Å². The van der Waals surface area contributed by atoms with Gasteiger partial charge in [-0.1, -0.05) is 0 Å². The van der Waals surface area contributed by atoms with E-state index in [-0.39, 0.29) is 34.9 Å². The monoisotopic (exact) mass is 426 g/mol. The van der Waals surface area contributed by atoms with Crippen LogP contribution in [0.25, 0.3) is 0 Å². The first kappa shape index (κ1) is 21.4. The number of carbonyl (C=O) groups excluding carboxylic acids is 1. The standard InChI is InChI=1S/C22H29F3N2O3/c1-13-8-17(22(23,24)25)14(2)26-18(13)30-16-4-6-21(7-5-16)11-27(12-21)19(28)15-9-20(3,29)10-15/h8,15-16,29H,4-7,9-12H2,1-3H3/t15-,20+. The molecule has 3 aliphatic rings. The lowest BCUT2D eigenvalue weighted by Gasteiger charge is -2.55. The number of halogens is 3. The highest BCUT2D eigenvalue weighted by atomic mass is 19.4. The highest BCUT2D eigenvalue weighted by Gasteiger charge is 2.51. The van der Waals surface area contributed by atoms with Crippen LogP contribution in [0, 0.1) is 25.2 Å². The van der Waals surface area contributed by atoms with Gasteiger partial charge < -0.3 is 14.7 Å². The number of aliphatic hydroxyl groups is 1. The Kier molecular flexibility index (Phi) is 5.07. The second-order valence-corrected chi connectivity index (χ2v) is 9.85. The van der Waals surface area contributed by atoms with E-state index >= 15 is 0 Å². The largest absolute Gasteiger partial charge is 0.474 e. The maximum absolute atomic E-state index is 13.0. The Morgan fingerprint density at radius 1 is 1.23 bits per heavy atom. The fourth-order valence-corrected chi connectivity index (χ4v) is 5.24. The van der Waals surface area contributed by atoms with E-state index in [1.54, 1.807) is 13.8 Å². The van der Waals surface area contributed by atoms with Crippen molar-refractivity contribution in [3.8, 4) is 5.88 Å². The van der Waals surface area contributed by atoms with E-state index < -0.39 is 17.3 Å². The number of pyridine rings is 1. The molecule has 1 aromatic heterocycles.